The van der Waals surface area contributed by atoms with Crippen molar-refractivity contribution >= 4 is 46.9 Å². The number of hydrogen-bond acceptors (Lipinski definition) is 8. The van der Waals surface area contributed by atoms with Crippen molar-refractivity contribution < 1.29 is 19.1 Å². The van der Waals surface area contributed by atoms with Crippen LogP contribution in [0.4, 0.5) is 0 Å². The molecule has 0 aliphatic carbocycles. The van der Waals surface area contributed by atoms with E-state index in [-0.39, 0.29) is 5.92 Å². The van der Waals surface area contributed by atoms with Crippen molar-refractivity contribution in [1.29, 1.82) is 0 Å². The van der Waals surface area contributed by atoms with E-state index in [9.17, 15) is 9.59 Å². The highest BCUT2D eigenvalue weighted by molar-refractivity contribution is 7.99. The Morgan fingerprint density at radius 2 is 1.83 bits per heavy atom. The largest absolute Gasteiger partial charge is 0.421 e. The first-order valence-corrected chi connectivity index (χ1v) is 13.4. The molecule has 1 spiro atoms. The molecule has 188 valence electrons. The Morgan fingerprint density at radius 3 is 2.56 bits per heavy atom. The summed E-state index contributed by atoms with van der Waals surface area (Å²) in [6.45, 7) is 3.12. The molecule has 2 saturated heterocycles. The summed E-state index contributed by atoms with van der Waals surface area (Å²) >= 11 is 13.7. The van der Waals surface area contributed by atoms with Crippen molar-refractivity contribution in [2.24, 2.45) is 0 Å². The molecule has 0 amide bonds. The van der Waals surface area contributed by atoms with Gasteiger partial charge in [-0.15, -0.1) is 5.10 Å². The van der Waals surface area contributed by atoms with Crippen LogP contribution in [0.2, 0.25) is 10.0 Å². The minimum Gasteiger partial charge on any atom is -0.400 e. The third-order valence-corrected chi connectivity index (χ3v) is 8.04. The third kappa shape index (κ3) is 5.11. The zero-order chi connectivity index (χ0) is 25.3. The van der Waals surface area contributed by atoms with Crippen LogP contribution < -0.4 is 0 Å². The molecule has 0 bridgehead atoms. The molecule has 2 fully saturated rings. The summed E-state index contributed by atoms with van der Waals surface area (Å²) in [7, 11) is 0. The van der Waals surface area contributed by atoms with Gasteiger partial charge in [0.25, 0.3) is 0 Å². The highest BCUT2D eigenvalue weighted by Gasteiger charge is 2.55. The van der Waals surface area contributed by atoms with Crippen LogP contribution in [0.25, 0.3) is 5.69 Å². The number of rotatable bonds is 7. The summed E-state index contributed by atoms with van der Waals surface area (Å²) in [6, 6.07) is 15.4. The molecule has 3 aromatic rings. The number of halogens is 2. The number of aryl methyl sites for hydroxylation is 1. The van der Waals surface area contributed by atoms with Gasteiger partial charge in [-0.3, -0.25) is 0 Å². The number of benzene rings is 2. The van der Waals surface area contributed by atoms with E-state index in [1.807, 2.05) is 36.1 Å². The number of piperidine rings is 1. The number of nitrogens with zero attached hydrogens (tertiary/aromatic N) is 4. The molecule has 0 radical (unpaired) electrons. The second-order valence-corrected chi connectivity index (χ2v) is 10.6. The van der Waals surface area contributed by atoms with Gasteiger partial charge in [0.1, 0.15) is 5.82 Å². The number of aromatic nitrogens is 3. The summed E-state index contributed by atoms with van der Waals surface area (Å²) in [5.74, 6) is -1.61. The lowest BCUT2D eigenvalue weighted by Gasteiger charge is -2.43. The van der Waals surface area contributed by atoms with Gasteiger partial charge in [0, 0.05) is 25.3 Å². The molecule has 2 aliphatic rings. The molecule has 2 aliphatic heterocycles. The van der Waals surface area contributed by atoms with Gasteiger partial charge in [-0.05, 0) is 49.4 Å². The number of thioether (sulfide) groups is 1. The molecule has 8 nitrogen and oxygen atoms in total. The number of carbonyl (C=O) groups excluding carboxylic acids is 2. The van der Waals surface area contributed by atoms with Crippen LogP contribution in [0.5, 0.6) is 0 Å². The van der Waals surface area contributed by atoms with Gasteiger partial charge in [0.2, 0.25) is 5.16 Å². The van der Waals surface area contributed by atoms with Crippen LogP contribution in [-0.4, -0.2) is 56.4 Å². The SMILES string of the molecule is Cc1nc(SCCCN2CCC(c3ccccc3)CC23OC(=O)C(=O)O3)nn1-c1ccc(Cl)c(Cl)c1. The van der Waals surface area contributed by atoms with Gasteiger partial charge < -0.3 is 9.47 Å². The van der Waals surface area contributed by atoms with Gasteiger partial charge >= 0.3 is 17.8 Å². The monoisotopic (exact) mass is 546 g/mol. The average Bonchev–Trinajstić information content (AvgIpc) is 3.38. The first-order chi connectivity index (χ1) is 17.3. The molecule has 1 unspecified atom stereocenters. The second-order valence-electron chi connectivity index (χ2n) is 8.73. The molecule has 1 atom stereocenters. The Kier molecular flexibility index (Phi) is 7.25. The molecule has 0 saturated carbocycles. The first-order valence-electron chi connectivity index (χ1n) is 11.6. The van der Waals surface area contributed by atoms with Crippen LogP contribution in [0, 0.1) is 6.92 Å². The summed E-state index contributed by atoms with van der Waals surface area (Å²) in [4.78, 5) is 30.5. The Labute approximate surface area is 222 Å². The van der Waals surface area contributed by atoms with Crippen molar-refractivity contribution in [1.82, 2.24) is 19.7 Å². The van der Waals surface area contributed by atoms with Crippen LogP contribution >= 0.6 is 35.0 Å². The molecule has 5 rings (SSSR count). The summed E-state index contributed by atoms with van der Waals surface area (Å²) in [5, 5.41) is 6.17. The number of ether oxygens (including phenoxy) is 2. The zero-order valence-electron chi connectivity index (χ0n) is 19.5. The van der Waals surface area contributed by atoms with Crippen molar-refractivity contribution in [3.63, 3.8) is 0 Å². The Hall–Kier alpha value is -2.59. The van der Waals surface area contributed by atoms with E-state index in [0.29, 0.717) is 34.7 Å². The normalized spacial score (nSPS) is 19.5. The van der Waals surface area contributed by atoms with Crippen LogP contribution in [0.1, 0.15) is 36.6 Å². The van der Waals surface area contributed by atoms with Gasteiger partial charge in [-0.2, -0.15) is 0 Å². The minimum atomic E-state index is -1.35. The van der Waals surface area contributed by atoms with Gasteiger partial charge in [-0.25, -0.2) is 24.2 Å². The fourth-order valence-electron chi connectivity index (χ4n) is 4.63. The van der Waals surface area contributed by atoms with E-state index in [2.05, 4.69) is 22.2 Å². The molecule has 2 aromatic carbocycles. The van der Waals surface area contributed by atoms with Gasteiger partial charge in [-0.1, -0.05) is 65.3 Å². The molecular weight excluding hydrogens is 523 g/mol. The van der Waals surface area contributed by atoms with E-state index in [0.717, 1.165) is 35.7 Å². The predicted octanol–water partition coefficient (Wildman–Crippen LogP) is 5.00. The van der Waals surface area contributed by atoms with Crippen molar-refractivity contribution in [3.05, 3.63) is 70.0 Å². The number of likely N-dealkylation sites (tertiary alicyclic amines) is 1. The lowest BCUT2D eigenvalue weighted by atomic mass is 9.87. The summed E-state index contributed by atoms with van der Waals surface area (Å²) < 4.78 is 12.8. The maximum absolute atomic E-state index is 12.0. The van der Waals surface area contributed by atoms with E-state index in [4.69, 9.17) is 32.7 Å². The average molecular weight is 547 g/mol. The van der Waals surface area contributed by atoms with Crippen LogP contribution in [0.3, 0.4) is 0 Å². The number of esters is 2. The minimum absolute atomic E-state index is 0.132. The van der Waals surface area contributed by atoms with E-state index in [1.165, 1.54) is 11.8 Å². The van der Waals surface area contributed by atoms with E-state index in [1.54, 1.807) is 16.8 Å². The summed E-state index contributed by atoms with van der Waals surface area (Å²) in [6.07, 6.45) is 2.05. The molecule has 1 aromatic heterocycles. The van der Waals surface area contributed by atoms with E-state index >= 15 is 0 Å². The standard InChI is InChI=1S/C25H24Cl2N4O4S/c1-16-28-24(29-31(16)19-8-9-20(26)21(27)14-19)36-13-5-11-30-12-10-18(17-6-3-2-4-7-17)15-25(30)34-22(32)23(33)35-25/h2-4,6-9,14,18H,5,10-13,15H2,1H3. The highest BCUT2D eigenvalue weighted by atomic mass is 35.5. The maximum Gasteiger partial charge on any atom is 0.421 e. The fraction of sp³-hybridized carbons (Fsp3) is 0.360. The molecule has 0 N–H and O–H groups in total. The molecular formula is C25H24Cl2N4O4S. The highest BCUT2D eigenvalue weighted by Crippen LogP contribution is 2.42. The Morgan fingerprint density at radius 1 is 1.08 bits per heavy atom. The van der Waals surface area contributed by atoms with Crippen molar-refractivity contribution in [3.8, 4) is 5.69 Å². The lowest BCUT2D eigenvalue weighted by Crippen LogP contribution is -2.55. The van der Waals surface area contributed by atoms with Crippen molar-refractivity contribution in [2.75, 3.05) is 18.8 Å². The molecule has 3 heterocycles. The quantitative estimate of drug-likeness (QED) is 0.177. The first kappa shape index (κ1) is 25.1. The number of carbonyl (C=O) groups is 2. The smallest absolute Gasteiger partial charge is 0.400 e. The molecule has 36 heavy (non-hydrogen) atoms. The third-order valence-electron chi connectivity index (χ3n) is 6.38. The number of hydrogen-bond donors (Lipinski definition) is 0. The van der Waals surface area contributed by atoms with Gasteiger partial charge in [0.15, 0.2) is 0 Å². The lowest BCUT2D eigenvalue weighted by molar-refractivity contribution is -0.266. The predicted molar refractivity (Wildman–Crippen MR) is 136 cm³/mol. The van der Waals surface area contributed by atoms with Crippen LogP contribution in [-0.2, 0) is 19.1 Å². The fourth-order valence-corrected chi connectivity index (χ4v) is 5.71. The van der Waals surface area contributed by atoms with Crippen molar-refractivity contribution in [2.45, 2.75) is 43.2 Å². The Balaban J connectivity index is 1.21. The van der Waals surface area contributed by atoms with E-state index < -0.39 is 17.8 Å². The topological polar surface area (TPSA) is 86.6 Å². The second kappa shape index (κ2) is 10.4. The molecule has 11 heteroatoms. The van der Waals surface area contributed by atoms with Crippen LogP contribution in [0.15, 0.2) is 53.7 Å². The Bertz CT molecular complexity index is 1270. The maximum atomic E-state index is 12.0. The summed E-state index contributed by atoms with van der Waals surface area (Å²) in [5.41, 5.74) is 1.93. The zero-order valence-corrected chi connectivity index (χ0v) is 21.9. The van der Waals surface area contributed by atoms with Gasteiger partial charge in [0.05, 0.1) is 15.7 Å².